The predicted molar refractivity (Wildman–Crippen MR) is 119 cm³/mol. The summed E-state index contributed by atoms with van der Waals surface area (Å²) in [5, 5.41) is 11.1. The Labute approximate surface area is 181 Å². The molecule has 8 nitrogen and oxygen atoms in total. The summed E-state index contributed by atoms with van der Waals surface area (Å²) in [6.45, 7) is 2.77. The summed E-state index contributed by atoms with van der Waals surface area (Å²) in [6, 6.07) is 12.5. The second-order valence-corrected chi connectivity index (χ2v) is 6.70. The van der Waals surface area contributed by atoms with Gasteiger partial charge in [0.15, 0.2) is 11.5 Å². The molecule has 2 aromatic carbocycles. The van der Waals surface area contributed by atoms with Gasteiger partial charge in [-0.1, -0.05) is 13.3 Å². The van der Waals surface area contributed by atoms with Crippen LogP contribution in [0.1, 0.15) is 35.7 Å². The molecule has 3 rings (SSSR count). The molecule has 31 heavy (non-hydrogen) atoms. The maximum Gasteiger partial charge on any atom is 0.271 e. The Balaban J connectivity index is 1.65. The lowest BCUT2D eigenvalue weighted by Gasteiger charge is -2.09. The number of nitrogens with one attached hydrogen (secondary N) is 2. The highest BCUT2D eigenvalue weighted by atomic mass is 16.5. The zero-order valence-electron chi connectivity index (χ0n) is 17.8. The van der Waals surface area contributed by atoms with Crippen LogP contribution < -0.4 is 19.6 Å². The van der Waals surface area contributed by atoms with E-state index in [1.165, 1.54) is 6.21 Å². The average Bonchev–Trinajstić information content (AvgIpc) is 3.27. The van der Waals surface area contributed by atoms with Crippen molar-refractivity contribution in [3.05, 3.63) is 59.8 Å². The van der Waals surface area contributed by atoms with Crippen molar-refractivity contribution in [1.29, 1.82) is 0 Å². The molecule has 0 bridgehead atoms. The van der Waals surface area contributed by atoms with Gasteiger partial charge in [0.2, 0.25) is 0 Å². The highest BCUT2D eigenvalue weighted by Gasteiger charge is 2.11. The monoisotopic (exact) mass is 422 g/mol. The molecule has 0 aliphatic rings. The topological polar surface area (TPSA) is 97.8 Å². The molecule has 0 aliphatic heterocycles. The molecular formula is C23H26N4O4. The molecule has 1 amide bonds. The van der Waals surface area contributed by atoms with Crippen molar-refractivity contribution in [2.45, 2.75) is 19.8 Å². The fourth-order valence-electron chi connectivity index (χ4n) is 2.88. The highest BCUT2D eigenvalue weighted by molar-refractivity contribution is 5.95. The van der Waals surface area contributed by atoms with Crippen LogP contribution in [-0.2, 0) is 0 Å². The number of hydrogen-bond acceptors (Lipinski definition) is 6. The minimum Gasteiger partial charge on any atom is -0.494 e. The van der Waals surface area contributed by atoms with E-state index < -0.39 is 0 Å². The second-order valence-electron chi connectivity index (χ2n) is 6.70. The first kappa shape index (κ1) is 21.9. The molecule has 0 unspecified atom stereocenters. The zero-order chi connectivity index (χ0) is 22.1. The average molecular weight is 422 g/mol. The lowest BCUT2D eigenvalue weighted by atomic mass is 10.1. The third kappa shape index (κ3) is 5.63. The van der Waals surface area contributed by atoms with Crippen molar-refractivity contribution in [3.8, 4) is 28.5 Å². The quantitative estimate of drug-likeness (QED) is 0.292. The van der Waals surface area contributed by atoms with Gasteiger partial charge in [-0.3, -0.25) is 9.89 Å². The molecule has 0 spiro atoms. The van der Waals surface area contributed by atoms with E-state index in [9.17, 15) is 4.79 Å². The van der Waals surface area contributed by atoms with E-state index >= 15 is 0 Å². The molecule has 0 aliphatic carbocycles. The van der Waals surface area contributed by atoms with Gasteiger partial charge in [0, 0.05) is 16.7 Å². The van der Waals surface area contributed by atoms with Crippen LogP contribution in [0.4, 0.5) is 0 Å². The number of hydrazone groups is 1. The molecule has 0 fully saturated rings. The number of rotatable bonds is 10. The van der Waals surface area contributed by atoms with Crippen LogP contribution in [0.15, 0.2) is 53.8 Å². The van der Waals surface area contributed by atoms with Crippen molar-refractivity contribution >= 4 is 12.1 Å². The molecule has 0 saturated heterocycles. The molecule has 3 aromatic rings. The van der Waals surface area contributed by atoms with Crippen molar-refractivity contribution in [3.63, 3.8) is 0 Å². The number of benzene rings is 2. The molecule has 2 N–H and O–H groups in total. The van der Waals surface area contributed by atoms with E-state index in [1.54, 1.807) is 44.7 Å². The predicted octanol–water partition coefficient (Wildman–Crippen LogP) is 4.04. The number of aromatic amines is 1. The first-order valence-electron chi connectivity index (χ1n) is 9.98. The Morgan fingerprint density at radius 1 is 1.13 bits per heavy atom. The first-order chi connectivity index (χ1) is 15.2. The molecular weight excluding hydrogens is 396 g/mol. The number of nitrogens with zero attached hydrogens (tertiary/aromatic N) is 2. The minimum absolute atomic E-state index is 0.312. The minimum atomic E-state index is -0.312. The normalized spacial score (nSPS) is 10.8. The maximum atomic E-state index is 12.3. The first-order valence-corrected chi connectivity index (χ1v) is 9.98. The van der Waals surface area contributed by atoms with E-state index in [2.05, 4.69) is 27.6 Å². The zero-order valence-corrected chi connectivity index (χ0v) is 17.8. The number of methoxy groups -OCH3 is 2. The van der Waals surface area contributed by atoms with Gasteiger partial charge in [-0.05, 0) is 48.9 Å². The van der Waals surface area contributed by atoms with Crippen molar-refractivity contribution in [2.75, 3.05) is 20.8 Å². The third-order valence-electron chi connectivity index (χ3n) is 4.59. The SMILES string of the molecule is CCCCOc1ccc(C(=O)N/N=C/c2cn[nH]c2-c2ccc(OC)c(OC)c2)cc1. The van der Waals surface area contributed by atoms with Crippen molar-refractivity contribution < 1.29 is 19.0 Å². The van der Waals surface area contributed by atoms with Crippen LogP contribution in [0, 0.1) is 0 Å². The second kappa shape index (κ2) is 10.8. The summed E-state index contributed by atoms with van der Waals surface area (Å²) in [5.41, 5.74) is 5.33. The Kier molecular flexibility index (Phi) is 7.64. The van der Waals surface area contributed by atoms with Crippen LogP contribution in [0.2, 0.25) is 0 Å². The van der Waals surface area contributed by atoms with Crippen LogP contribution in [0.25, 0.3) is 11.3 Å². The summed E-state index contributed by atoms with van der Waals surface area (Å²) in [6.07, 6.45) is 5.24. The van der Waals surface area contributed by atoms with Crippen molar-refractivity contribution in [1.82, 2.24) is 15.6 Å². The van der Waals surface area contributed by atoms with Gasteiger partial charge in [0.05, 0.1) is 38.9 Å². The number of carbonyl (C=O) groups is 1. The fraction of sp³-hybridized carbons (Fsp3) is 0.261. The van der Waals surface area contributed by atoms with E-state index in [4.69, 9.17) is 14.2 Å². The Hall–Kier alpha value is -3.81. The van der Waals surface area contributed by atoms with E-state index in [0.29, 0.717) is 29.2 Å². The Morgan fingerprint density at radius 2 is 1.90 bits per heavy atom. The van der Waals surface area contributed by atoms with E-state index in [-0.39, 0.29) is 5.91 Å². The van der Waals surface area contributed by atoms with E-state index in [1.807, 2.05) is 18.2 Å². The number of aromatic nitrogens is 2. The summed E-state index contributed by atoms with van der Waals surface area (Å²) in [7, 11) is 3.16. The summed E-state index contributed by atoms with van der Waals surface area (Å²) < 4.78 is 16.2. The molecule has 162 valence electrons. The number of ether oxygens (including phenoxy) is 3. The summed E-state index contributed by atoms with van der Waals surface area (Å²) >= 11 is 0. The summed E-state index contributed by atoms with van der Waals surface area (Å²) in [4.78, 5) is 12.3. The van der Waals surface area contributed by atoms with E-state index in [0.717, 1.165) is 29.8 Å². The standard InChI is InChI=1S/C23H26N4O4/c1-4-5-12-31-19-9-6-16(7-10-19)23(28)27-25-15-18-14-24-26-22(18)17-8-11-20(29-2)21(13-17)30-3/h6-11,13-15H,4-5,12H2,1-3H3,(H,24,26)(H,27,28)/b25-15+. The largest absolute Gasteiger partial charge is 0.494 e. The van der Waals surface area contributed by atoms with Gasteiger partial charge >= 0.3 is 0 Å². The highest BCUT2D eigenvalue weighted by Crippen LogP contribution is 2.32. The van der Waals surface area contributed by atoms with Crippen LogP contribution in [0.3, 0.4) is 0 Å². The number of H-pyrrole nitrogens is 1. The molecule has 0 atom stereocenters. The molecule has 0 radical (unpaired) electrons. The molecule has 1 aromatic heterocycles. The molecule has 8 heteroatoms. The smallest absolute Gasteiger partial charge is 0.271 e. The van der Waals surface area contributed by atoms with Crippen LogP contribution >= 0.6 is 0 Å². The number of hydrogen-bond donors (Lipinski definition) is 2. The van der Waals surface area contributed by atoms with Gasteiger partial charge in [-0.2, -0.15) is 10.2 Å². The summed E-state index contributed by atoms with van der Waals surface area (Å²) in [5.74, 6) is 1.67. The number of carbonyl (C=O) groups excluding carboxylic acids is 1. The lowest BCUT2D eigenvalue weighted by Crippen LogP contribution is -2.17. The third-order valence-corrected chi connectivity index (χ3v) is 4.59. The van der Waals surface area contributed by atoms with Gasteiger partial charge in [0.1, 0.15) is 5.75 Å². The van der Waals surface area contributed by atoms with Gasteiger partial charge < -0.3 is 14.2 Å². The number of unbranched alkanes of at least 4 members (excludes halogenated alkanes) is 1. The van der Waals surface area contributed by atoms with Crippen molar-refractivity contribution in [2.24, 2.45) is 5.10 Å². The van der Waals surface area contributed by atoms with Gasteiger partial charge in [-0.15, -0.1) is 0 Å². The number of amides is 1. The Bertz CT molecular complexity index is 1030. The maximum absolute atomic E-state index is 12.3. The lowest BCUT2D eigenvalue weighted by molar-refractivity contribution is 0.0955. The van der Waals surface area contributed by atoms with Gasteiger partial charge in [0.25, 0.3) is 5.91 Å². The molecule has 0 saturated carbocycles. The molecule has 1 heterocycles. The van der Waals surface area contributed by atoms with Gasteiger partial charge in [-0.25, -0.2) is 5.43 Å². The Morgan fingerprint density at radius 3 is 2.61 bits per heavy atom. The van der Waals surface area contributed by atoms with Crippen LogP contribution in [-0.4, -0.2) is 43.1 Å². The fourth-order valence-corrected chi connectivity index (χ4v) is 2.88. The van der Waals surface area contributed by atoms with Crippen LogP contribution in [0.5, 0.6) is 17.2 Å².